The molecule has 0 fully saturated rings. The van der Waals surface area contributed by atoms with Gasteiger partial charge in [0.25, 0.3) is 10.1 Å². The molecule has 3 N–H and O–H groups in total. The fourth-order valence-corrected chi connectivity index (χ4v) is 3.04. The summed E-state index contributed by atoms with van der Waals surface area (Å²) in [5.41, 5.74) is 6.08. The molecule has 0 aromatic carbocycles. The molecule has 1 unspecified atom stereocenters. The van der Waals surface area contributed by atoms with E-state index in [-0.39, 0.29) is 18.6 Å². The first kappa shape index (κ1) is 19.1. The highest BCUT2D eigenvalue weighted by Gasteiger charge is 2.39. The van der Waals surface area contributed by atoms with E-state index in [9.17, 15) is 17.8 Å². The molecule has 0 aromatic rings. The highest BCUT2D eigenvalue weighted by Crippen LogP contribution is 2.30. The van der Waals surface area contributed by atoms with E-state index in [4.69, 9.17) is 10.5 Å². The fraction of sp³-hybridized carbons (Fsp3) is 0.769. The van der Waals surface area contributed by atoms with Gasteiger partial charge in [-0.25, -0.2) is 4.79 Å². The Balaban J connectivity index is 4.51. The average Bonchev–Trinajstić information content (AvgIpc) is 2.35. The molecule has 0 spiro atoms. The minimum Gasteiger partial charge on any atom is -0.461 e. The van der Waals surface area contributed by atoms with E-state index in [1.54, 1.807) is 13.8 Å². The summed E-state index contributed by atoms with van der Waals surface area (Å²) in [6.07, 6.45) is 1.18. The third-order valence-electron chi connectivity index (χ3n) is 3.58. The third-order valence-corrected chi connectivity index (χ3v) is 5.46. The Labute approximate surface area is 121 Å². The van der Waals surface area contributed by atoms with Crippen LogP contribution in [0.5, 0.6) is 0 Å². The Hall–Kier alpha value is -0.920. The lowest BCUT2D eigenvalue weighted by atomic mass is 9.94. The molecular formula is C13H25NO5S. The van der Waals surface area contributed by atoms with E-state index < -0.39 is 26.9 Å². The van der Waals surface area contributed by atoms with Crippen molar-refractivity contribution in [2.45, 2.75) is 57.2 Å². The molecule has 6 nitrogen and oxygen atoms in total. The smallest absolute Gasteiger partial charge is 0.333 e. The van der Waals surface area contributed by atoms with Gasteiger partial charge in [0, 0.05) is 11.6 Å². The van der Waals surface area contributed by atoms with Crippen molar-refractivity contribution in [2.24, 2.45) is 5.73 Å². The maximum absolute atomic E-state index is 11.5. The van der Waals surface area contributed by atoms with E-state index in [1.807, 2.05) is 0 Å². The molecular weight excluding hydrogens is 282 g/mol. The predicted molar refractivity (Wildman–Crippen MR) is 77.8 cm³/mol. The molecule has 118 valence electrons. The van der Waals surface area contributed by atoms with E-state index in [2.05, 4.69) is 6.58 Å². The Kier molecular flexibility index (Phi) is 7.40. The molecule has 0 aliphatic heterocycles. The van der Waals surface area contributed by atoms with Gasteiger partial charge in [-0.05, 0) is 32.6 Å². The number of rotatable bonds is 9. The van der Waals surface area contributed by atoms with Gasteiger partial charge in [-0.2, -0.15) is 8.42 Å². The third kappa shape index (κ3) is 5.22. The number of nitrogens with two attached hydrogens (primary N) is 1. The van der Waals surface area contributed by atoms with Crippen LogP contribution in [0.1, 0.15) is 46.5 Å². The molecule has 20 heavy (non-hydrogen) atoms. The number of hydrogen-bond donors (Lipinski definition) is 2. The molecule has 7 heteroatoms. The molecule has 0 saturated carbocycles. The number of hydrogen-bond acceptors (Lipinski definition) is 5. The first-order valence-electron chi connectivity index (χ1n) is 6.65. The van der Waals surface area contributed by atoms with E-state index in [1.165, 1.54) is 6.92 Å². The summed E-state index contributed by atoms with van der Waals surface area (Å²) in [5.74, 6) is -0.521. The summed E-state index contributed by atoms with van der Waals surface area (Å²) < 4.78 is 36.1. The van der Waals surface area contributed by atoms with Gasteiger partial charge in [-0.1, -0.05) is 20.4 Å². The van der Waals surface area contributed by atoms with Crippen molar-refractivity contribution in [1.29, 1.82) is 0 Å². The van der Waals surface area contributed by atoms with Gasteiger partial charge in [0.1, 0.15) is 6.61 Å². The summed E-state index contributed by atoms with van der Waals surface area (Å²) in [5, 5.41) is 0. The van der Waals surface area contributed by atoms with Gasteiger partial charge < -0.3 is 10.5 Å². The topological polar surface area (TPSA) is 107 Å². The Morgan fingerprint density at radius 1 is 1.40 bits per heavy atom. The Morgan fingerprint density at radius 3 is 2.25 bits per heavy atom. The minimum atomic E-state index is -4.14. The van der Waals surface area contributed by atoms with Gasteiger partial charge in [0.2, 0.25) is 0 Å². The predicted octanol–water partition coefficient (Wildman–Crippen LogP) is 1.66. The summed E-state index contributed by atoms with van der Waals surface area (Å²) in [7, 11) is -4.14. The number of ether oxygens (including phenoxy) is 1. The van der Waals surface area contributed by atoms with Crippen molar-refractivity contribution in [2.75, 3.05) is 6.61 Å². The van der Waals surface area contributed by atoms with Crippen LogP contribution in [0.2, 0.25) is 0 Å². The van der Waals surface area contributed by atoms with Crippen molar-refractivity contribution in [3.8, 4) is 0 Å². The highest BCUT2D eigenvalue weighted by molar-refractivity contribution is 7.87. The standard InChI is InChI=1S/C13H25NO5S/c1-5-13(6-2,20(16,17)18)8-7-11(14)9-19-12(15)10(3)4/h11H,3,5-9,14H2,1-2,4H3,(H,16,17,18). The zero-order valence-corrected chi connectivity index (χ0v) is 13.2. The van der Waals surface area contributed by atoms with E-state index in [0.29, 0.717) is 19.3 Å². The number of carbonyl (C=O) groups excluding carboxylic acids is 1. The summed E-state index contributed by atoms with van der Waals surface area (Å²) >= 11 is 0. The first-order chi connectivity index (χ1) is 9.09. The number of carbonyl (C=O) groups is 1. The van der Waals surface area contributed by atoms with Crippen molar-refractivity contribution < 1.29 is 22.5 Å². The van der Waals surface area contributed by atoms with Gasteiger partial charge >= 0.3 is 5.97 Å². The molecule has 0 amide bonds. The van der Waals surface area contributed by atoms with Gasteiger partial charge in [0.05, 0.1) is 4.75 Å². The van der Waals surface area contributed by atoms with Crippen LogP contribution < -0.4 is 5.73 Å². The van der Waals surface area contributed by atoms with Crippen LogP contribution in [0.4, 0.5) is 0 Å². The Morgan fingerprint density at radius 2 is 1.90 bits per heavy atom. The van der Waals surface area contributed by atoms with Gasteiger partial charge in [-0.15, -0.1) is 0 Å². The maximum Gasteiger partial charge on any atom is 0.333 e. The lowest BCUT2D eigenvalue weighted by Gasteiger charge is -2.29. The van der Waals surface area contributed by atoms with E-state index in [0.717, 1.165) is 0 Å². The average molecular weight is 307 g/mol. The van der Waals surface area contributed by atoms with Gasteiger partial charge in [-0.3, -0.25) is 4.55 Å². The molecule has 1 atom stereocenters. The zero-order valence-electron chi connectivity index (χ0n) is 12.4. The van der Waals surface area contributed by atoms with Crippen LogP contribution in [0, 0.1) is 0 Å². The molecule has 0 aliphatic rings. The zero-order chi connectivity index (χ0) is 16.0. The van der Waals surface area contributed by atoms with Crippen LogP contribution in [-0.4, -0.2) is 36.3 Å². The van der Waals surface area contributed by atoms with Gasteiger partial charge in [0.15, 0.2) is 0 Å². The van der Waals surface area contributed by atoms with Crippen molar-refractivity contribution >= 4 is 16.1 Å². The summed E-state index contributed by atoms with van der Waals surface area (Å²) in [6, 6.07) is -0.475. The first-order valence-corrected chi connectivity index (χ1v) is 8.09. The number of esters is 1. The quantitative estimate of drug-likeness (QED) is 0.381. The highest BCUT2D eigenvalue weighted by atomic mass is 32.2. The van der Waals surface area contributed by atoms with E-state index >= 15 is 0 Å². The van der Waals surface area contributed by atoms with Crippen molar-refractivity contribution in [3.63, 3.8) is 0 Å². The fourth-order valence-electron chi connectivity index (χ4n) is 1.94. The normalized spacial score (nSPS) is 13.8. The summed E-state index contributed by atoms with van der Waals surface area (Å²) in [6.45, 7) is 8.41. The minimum absolute atomic E-state index is 0.000673. The van der Waals surface area contributed by atoms with Crippen LogP contribution in [-0.2, 0) is 19.6 Å². The van der Waals surface area contributed by atoms with Crippen LogP contribution in [0.3, 0.4) is 0 Å². The summed E-state index contributed by atoms with van der Waals surface area (Å²) in [4.78, 5) is 11.2. The molecule has 0 rings (SSSR count). The van der Waals surface area contributed by atoms with Crippen molar-refractivity contribution in [3.05, 3.63) is 12.2 Å². The molecule has 0 bridgehead atoms. The SMILES string of the molecule is C=C(C)C(=O)OCC(N)CCC(CC)(CC)S(=O)(=O)O. The lowest BCUT2D eigenvalue weighted by molar-refractivity contribution is -0.139. The molecule has 0 radical (unpaired) electrons. The second kappa shape index (κ2) is 7.75. The van der Waals surface area contributed by atoms with Crippen LogP contribution in [0.15, 0.2) is 12.2 Å². The molecule has 0 heterocycles. The van der Waals surface area contributed by atoms with Crippen LogP contribution in [0.25, 0.3) is 0 Å². The Bertz CT molecular complexity index is 440. The molecule has 0 saturated heterocycles. The maximum atomic E-state index is 11.5. The van der Waals surface area contributed by atoms with Crippen molar-refractivity contribution in [1.82, 2.24) is 0 Å². The molecule has 0 aromatic heterocycles. The largest absolute Gasteiger partial charge is 0.461 e. The second-order valence-corrected chi connectivity index (χ2v) is 6.86. The monoisotopic (exact) mass is 307 g/mol. The second-order valence-electron chi connectivity index (χ2n) is 5.04. The van der Waals surface area contributed by atoms with Crippen LogP contribution >= 0.6 is 0 Å². The molecule has 0 aliphatic carbocycles. The lowest BCUT2D eigenvalue weighted by Crippen LogP contribution is -2.39.